The Hall–Kier alpha value is -2.38. The summed E-state index contributed by atoms with van der Waals surface area (Å²) in [6, 6.07) is 16.2. The van der Waals surface area contributed by atoms with Crippen LogP contribution in [0, 0.1) is 6.92 Å². The van der Waals surface area contributed by atoms with Crippen molar-refractivity contribution in [3.05, 3.63) is 59.4 Å². The number of fused-ring (bicyclic) bond motifs is 1. The number of imidazole rings is 1. The van der Waals surface area contributed by atoms with E-state index in [0.717, 1.165) is 43.4 Å². The van der Waals surface area contributed by atoms with E-state index in [4.69, 9.17) is 9.72 Å². The van der Waals surface area contributed by atoms with Gasteiger partial charge in [-0.15, -0.1) is 10.2 Å². The van der Waals surface area contributed by atoms with Crippen molar-refractivity contribution in [1.29, 1.82) is 0 Å². The molecule has 2 aromatic heterocycles. The van der Waals surface area contributed by atoms with Crippen molar-refractivity contribution in [2.45, 2.75) is 17.0 Å². The lowest BCUT2D eigenvalue weighted by Gasteiger charge is -2.09. The third-order valence-electron chi connectivity index (χ3n) is 3.79. The first kappa shape index (κ1) is 16.1. The molecule has 0 aliphatic heterocycles. The summed E-state index contributed by atoms with van der Waals surface area (Å²) in [6.07, 6.45) is 0. The minimum absolute atomic E-state index is 0.731. The summed E-state index contributed by atoms with van der Waals surface area (Å²) >= 11 is 3.27. The van der Waals surface area contributed by atoms with Gasteiger partial charge in [-0.05, 0) is 43.3 Å². The highest BCUT2D eigenvalue weighted by molar-refractivity contribution is 8.00. The Kier molecular flexibility index (Phi) is 4.42. The number of ether oxygens (including phenoxy) is 1. The zero-order chi connectivity index (χ0) is 17.2. The van der Waals surface area contributed by atoms with Crippen LogP contribution >= 0.6 is 23.1 Å². The van der Waals surface area contributed by atoms with Crippen molar-refractivity contribution in [3.8, 4) is 11.4 Å². The normalized spacial score (nSPS) is 11.1. The van der Waals surface area contributed by atoms with Gasteiger partial charge < -0.3 is 4.74 Å². The number of para-hydroxylation sites is 2. The number of thioether (sulfide) groups is 1. The van der Waals surface area contributed by atoms with Crippen molar-refractivity contribution in [1.82, 2.24) is 19.7 Å². The van der Waals surface area contributed by atoms with Crippen LogP contribution in [0.2, 0.25) is 0 Å². The molecule has 0 bridgehead atoms. The highest BCUT2D eigenvalue weighted by Gasteiger charge is 2.13. The van der Waals surface area contributed by atoms with Crippen LogP contribution in [0.15, 0.2) is 52.9 Å². The SMILES string of the molecule is COc1ccc(-n2c(CSc3nnc(C)s3)nc3ccccc32)cc1. The molecule has 4 rings (SSSR count). The lowest BCUT2D eigenvalue weighted by molar-refractivity contribution is 0.414. The number of rotatable bonds is 5. The van der Waals surface area contributed by atoms with Crippen molar-refractivity contribution >= 4 is 34.1 Å². The standard InChI is InChI=1S/C18H16N4OS2/c1-12-20-21-18(25-12)24-11-17-19-15-5-3-4-6-16(15)22(17)13-7-9-14(23-2)10-8-13/h3-10H,11H2,1-2H3. The molecule has 0 radical (unpaired) electrons. The molecular weight excluding hydrogens is 352 g/mol. The van der Waals surface area contributed by atoms with Crippen molar-refractivity contribution in [2.75, 3.05) is 7.11 Å². The number of aromatic nitrogens is 4. The number of benzene rings is 2. The molecule has 0 aliphatic rings. The highest BCUT2D eigenvalue weighted by atomic mass is 32.2. The molecule has 4 aromatic rings. The monoisotopic (exact) mass is 368 g/mol. The van der Waals surface area contributed by atoms with E-state index in [-0.39, 0.29) is 0 Å². The molecule has 126 valence electrons. The molecule has 0 unspecified atom stereocenters. The van der Waals surface area contributed by atoms with Gasteiger partial charge in [-0.1, -0.05) is 35.2 Å². The number of hydrogen-bond acceptors (Lipinski definition) is 6. The Balaban J connectivity index is 1.74. The van der Waals surface area contributed by atoms with Crippen molar-refractivity contribution in [2.24, 2.45) is 0 Å². The van der Waals surface area contributed by atoms with E-state index in [2.05, 4.69) is 33.0 Å². The van der Waals surface area contributed by atoms with Gasteiger partial charge in [0.25, 0.3) is 0 Å². The zero-order valence-corrected chi connectivity index (χ0v) is 15.5. The van der Waals surface area contributed by atoms with Crippen LogP contribution in [0.1, 0.15) is 10.8 Å². The predicted octanol–water partition coefficient (Wildman–Crippen LogP) is 4.49. The largest absolute Gasteiger partial charge is 0.497 e. The van der Waals surface area contributed by atoms with Crippen LogP contribution in [-0.4, -0.2) is 26.9 Å². The molecule has 0 atom stereocenters. The Bertz CT molecular complexity index is 1010. The van der Waals surface area contributed by atoms with E-state index in [1.165, 1.54) is 0 Å². The average molecular weight is 368 g/mol. The second kappa shape index (κ2) is 6.85. The summed E-state index contributed by atoms with van der Waals surface area (Å²) in [4.78, 5) is 4.82. The van der Waals surface area contributed by atoms with Crippen LogP contribution < -0.4 is 4.74 Å². The summed E-state index contributed by atoms with van der Waals surface area (Å²) in [5.41, 5.74) is 3.15. The van der Waals surface area contributed by atoms with Gasteiger partial charge in [-0.3, -0.25) is 4.57 Å². The fourth-order valence-electron chi connectivity index (χ4n) is 2.66. The lowest BCUT2D eigenvalue weighted by atomic mass is 10.2. The minimum atomic E-state index is 0.731. The Morgan fingerprint density at radius 1 is 1.08 bits per heavy atom. The lowest BCUT2D eigenvalue weighted by Crippen LogP contribution is -2.00. The van der Waals surface area contributed by atoms with Gasteiger partial charge in [0.2, 0.25) is 0 Å². The van der Waals surface area contributed by atoms with Crippen LogP contribution in [0.5, 0.6) is 5.75 Å². The second-order valence-electron chi connectivity index (χ2n) is 5.43. The second-order valence-corrected chi connectivity index (χ2v) is 7.83. The number of aryl methyl sites for hydroxylation is 1. The topological polar surface area (TPSA) is 52.8 Å². The Morgan fingerprint density at radius 3 is 2.60 bits per heavy atom. The van der Waals surface area contributed by atoms with E-state index in [1.807, 2.05) is 37.3 Å². The van der Waals surface area contributed by atoms with Crippen molar-refractivity contribution in [3.63, 3.8) is 0 Å². The molecular formula is C18H16N4OS2. The van der Waals surface area contributed by atoms with Gasteiger partial charge >= 0.3 is 0 Å². The maximum Gasteiger partial charge on any atom is 0.174 e. The van der Waals surface area contributed by atoms with Crippen LogP contribution in [0.25, 0.3) is 16.7 Å². The Labute approximate surface area is 153 Å². The van der Waals surface area contributed by atoms with Crippen molar-refractivity contribution < 1.29 is 4.74 Å². The van der Waals surface area contributed by atoms with E-state index in [0.29, 0.717) is 0 Å². The van der Waals surface area contributed by atoms with E-state index in [1.54, 1.807) is 30.2 Å². The molecule has 0 amide bonds. The molecule has 25 heavy (non-hydrogen) atoms. The summed E-state index contributed by atoms with van der Waals surface area (Å²) in [7, 11) is 1.67. The zero-order valence-electron chi connectivity index (χ0n) is 13.8. The van der Waals surface area contributed by atoms with Gasteiger partial charge in [0.05, 0.1) is 23.9 Å². The molecule has 2 heterocycles. The van der Waals surface area contributed by atoms with Gasteiger partial charge in [0, 0.05) is 5.69 Å². The van der Waals surface area contributed by atoms with Gasteiger partial charge in [-0.2, -0.15) is 0 Å². The van der Waals surface area contributed by atoms with E-state index >= 15 is 0 Å². The number of hydrogen-bond donors (Lipinski definition) is 0. The third-order valence-corrected chi connectivity index (χ3v) is 5.76. The quantitative estimate of drug-likeness (QED) is 0.486. The van der Waals surface area contributed by atoms with Gasteiger partial charge in [0.1, 0.15) is 16.6 Å². The van der Waals surface area contributed by atoms with Gasteiger partial charge in [-0.25, -0.2) is 4.98 Å². The maximum absolute atomic E-state index is 5.27. The van der Waals surface area contributed by atoms with Gasteiger partial charge in [0.15, 0.2) is 4.34 Å². The molecule has 2 aromatic carbocycles. The summed E-state index contributed by atoms with van der Waals surface area (Å²) in [5, 5.41) is 9.24. The van der Waals surface area contributed by atoms with Crippen LogP contribution in [0.3, 0.4) is 0 Å². The molecule has 0 saturated carbocycles. The molecule has 5 nitrogen and oxygen atoms in total. The molecule has 7 heteroatoms. The first-order valence-corrected chi connectivity index (χ1v) is 9.58. The molecule has 0 saturated heterocycles. The molecule has 0 fully saturated rings. The highest BCUT2D eigenvalue weighted by Crippen LogP contribution is 2.29. The number of methoxy groups -OCH3 is 1. The molecule has 0 aliphatic carbocycles. The predicted molar refractivity (Wildman–Crippen MR) is 102 cm³/mol. The van der Waals surface area contributed by atoms with E-state index < -0.39 is 0 Å². The number of nitrogens with zero attached hydrogens (tertiary/aromatic N) is 4. The minimum Gasteiger partial charge on any atom is -0.497 e. The average Bonchev–Trinajstić information content (AvgIpc) is 3.23. The smallest absolute Gasteiger partial charge is 0.174 e. The third kappa shape index (κ3) is 3.25. The Morgan fingerprint density at radius 2 is 1.88 bits per heavy atom. The molecule has 0 N–H and O–H groups in total. The first-order chi connectivity index (χ1) is 12.2. The van der Waals surface area contributed by atoms with Crippen LogP contribution in [0.4, 0.5) is 0 Å². The van der Waals surface area contributed by atoms with Crippen LogP contribution in [-0.2, 0) is 5.75 Å². The first-order valence-electron chi connectivity index (χ1n) is 7.78. The molecule has 0 spiro atoms. The fourth-order valence-corrected chi connectivity index (χ4v) is 4.39. The van der Waals surface area contributed by atoms with E-state index in [9.17, 15) is 0 Å². The summed E-state index contributed by atoms with van der Waals surface area (Å²) in [6.45, 7) is 1.97. The summed E-state index contributed by atoms with van der Waals surface area (Å²) < 4.78 is 8.42. The maximum atomic E-state index is 5.27. The summed E-state index contributed by atoms with van der Waals surface area (Å²) in [5.74, 6) is 2.56. The fraction of sp³-hybridized carbons (Fsp3) is 0.167.